The fraction of sp³-hybridized carbons (Fsp3) is 0.625. The molecule has 0 spiro atoms. The normalized spacial score (nSPS) is 27.0. The monoisotopic (exact) mass is 606 g/mol. The number of hydrazine groups is 1. The van der Waals surface area contributed by atoms with E-state index in [9.17, 15) is 14.9 Å². The number of nitrogens with one attached hydrogen (secondary N) is 3. The van der Waals surface area contributed by atoms with E-state index in [4.69, 9.17) is 15.0 Å². The van der Waals surface area contributed by atoms with Crippen LogP contribution < -0.4 is 21.8 Å². The van der Waals surface area contributed by atoms with Crippen LogP contribution in [0.1, 0.15) is 72.3 Å². The molecule has 2 bridgehead atoms. The first-order valence-electron chi connectivity index (χ1n) is 15.9. The van der Waals surface area contributed by atoms with Gasteiger partial charge in [-0.25, -0.2) is 15.1 Å². The van der Waals surface area contributed by atoms with Crippen LogP contribution in [-0.2, 0) is 20.6 Å². The van der Waals surface area contributed by atoms with E-state index >= 15 is 0 Å². The lowest BCUT2D eigenvalue weighted by Gasteiger charge is -2.64. The number of nitrogens with two attached hydrogens (primary N) is 1. The highest BCUT2D eigenvalue weighted by atomic mass is 16.7. The molecule has 0 radical (unpaired) electrons. The molecule has 4 fully saturated rings. The van der Waals surface area contributed by atoms with Gasteiger partial charge in [0.1, 0.15) is 0 Å². The second-order valence-corrected chi connectivity index (χ2v) is 13.9. The summed E-state index contributed by atoms with van der Waals surface area (Å²) in [6.07, 6.45) is 3.88. The maximum atomic E-state index is 14.0. The molecule has 2 aromatic carbocycles. The van der Waals surface area contributed by atoms with Crippen molar-refractivity contribution in [3.8, 4) is 0 Å². The average molecular weight is 607 g/mol. The summed E-state index contributed by atoms with van der Waals surface area (Å²) in [4.78, 5) is 28.7. The molecule has 0 aromatic heterocycles. The summed E-state index contributed by atoms with van der Waals surface area (Å²) >= 11 is 0. The Balaban J connectivity index is 1.30. The number of nitrogens with zero attached hydrogens (tertiary/aromatic N) is 2. The molecule has 12 heteroatoms. The molecule has 3 aliphatic carbocycles. The van der Waals surface area contributed by atoms with Gasteiger partial charge in [-0.3, -0.25) is 4.79 Å². The third-order valence-electron chi connectivity index (χ3n) is 10.2. The second-order valence-electron chi connectivity index (χ2n) is 13.9. The number of carbonyl (C=O) groups excluding carboxylic acids is 1. The number of fused-ring (bicyclic) bond motifs is 1. The van der Waals surface area contributed by atoms with Gasteiger partial charge in [0.05, 0.1) is 23.7 Å². The highest BCUT2D eigenvalue weighted by molar-refractivity contribution is 6.47. The molecule has 6 rings (SSSR count). The van der Waals surface area contributed by atoms with E-state index in [1.54, 1.807) is 0 Å². The molecule has 6 atom stereocenters. The number of guanidine groups is 1. The molecule has 1 heterocycles. The summed E-state index contributed by atoms with van der Waals surface area (Å²) in [5.74, 6) is 0.709. The van der Waals surface area contributed by atoms with Crippen molar-refractivity contribution in [3.05, 3.63) is 58.1 Å². The minimum absolute atomic E-state index is 0.0345. The molecule has 1 amide bonds. The van der Waals surface area contributed by atoms with Gasteiger partial charge >= 0.3 is 7.12 Å². The number of nitro groups is 1. The third-order valence-corrected chi connectivity index (χ3v) is 10.2. The minimum Gasteiger partial charge on any atom is -0.404 e. The number of carbonyl (C=O) groups is 1. The number of rotatable bonds is 13. The summed E-state index contributed by atoms with van der Waals surface area (Å²) in [6.45, 7) is 11.9. The lowest BCUT2D eigenvalue weighted by Crippen LogP contribution is -2.65. The van der Waals surface area contributed by atoms with Crippen molar-refractivity contribution in [3.63, 3.8) is 0 Å². The van der Waals surface area contributed by atoms with E-state index in [0.717, 1.165) is 29.2 Å². The highest BCUT2D eigenvalue weighted by Gasteiger charge is 2.68. The van der Waals surface area contributed by atoms with Gasteiger partial charge in [-0.05, 0) is 78.5 Å². The van der Waals surface area contributed by atoms with Gasteiger partial charge in [0, 0.05) is 13.1 Å². The van der Waals surface area contributed by atoms with Gasteiger partial charge in [0.15, 0.2) is 5.03 Å². The average Bonchev–Trinajstić information content (AvgIpc) is 3.33. The van der Waals surface area contributed by atoms with E-state index in [1.807, 2.05) is 23.6 Å². The Hall–Kier alpha value is -3.22. The third kappa shape index (κ3) is 6.72. The maximum Gasteiger partial charge on any atom is 0.481 e. The number of benzene rings is 2. The Morgan fingerprint density at radius 3 is 2.66 bits per heavy atom. The van der Waals surface area contributed by atoms with Gasteiger partial charge in [0.25, 0.3) is 5.96 Å². The fourth-order valence-electron chi connectivity index (χ4n) is 7.73. The van der Waals surface area contributed by atoms with E-state index in [2.05, 4.69) is 74.5 Å². The molecule has 4 aliphatic rings. The van der Waals surface area contributed by atoms with Crippen molar-refractivity contribution in [2.75, 3.05) is 6.54 Å². The van der Waals surface area contributed by atoms with Crippen LogP contribution in [0.25, 0.3) is 10.8 Å². The lowest BCUT2D eigenvalue weighted by atomic mass is 9.43. The number of hydrogen-bond donors (Lipinski definition) is 4. The van der Waals surface area contributed by atoms with Crippen LogP contribution in [0.2, 0.25) is 0 Å². The van der Waals surface area contributed by atoms with Crippen LogP contribution in [0, 0.1) is 33.3 Å². The van der Waals surface area contributed by atoms with Gasteiger partial charge in [-0.1, -0.05) is 75.6 Å². The molecule has 1 saturated heterocycles. The largest absolute Gasteiger partial charge is 0.481 e. The maximum absolute atomic E-state index is 14.0. The van der Waals surface area contributed by atoms with Crippen molar-refractivity contribution >= 4 is 29.8 Å². The van der Waals surface area contributed by atoms with E-state index in [1.165, 1.54) is 6.42 Å². The molecule has 238 valence electrons. The van der Waals surface area contributed by atoms with Gasteiger partial charge in [-0.15, -0.1) is 0 Å². The first-order valence-corrected chi connectivity index (χ1v) is 15.9. The molecule has 1 aliphatic heterocycles. The predicted molar refractivity (Wildman–Crippen MR) is 172 cm³/mol. The summed E-state index contributed by atoms with van der Waals surface area (Å²) in [5.41, 5.74) is 8.41. The first-order chi connectivity index (χ1) is 20.9. The number of hydrogen-bond acceptors (Lipinski definition) is 7. The fourth-order valence-corrected chi connectivity index (χ4v) is 7.73. The van der Waals surface area contributed by atoms with Crippen LogP contribution in [0.15, 0.2) is 47.5 Å². The molecule has 44 heavy (non-hydrogen) atoms. The zero-order valence-corrected chi connectivity index (χ0v) is 26.5. The molecular weight excluding hydrogens is 559 g/mol. The van der Waals surface area contributed by atoms with Crippen molar-refractivity contribution in [1.82, 2.24) is 16.1 Å². The van der Waals surface area contributed by atoms with Crippen LogP contribution >= 0.6 is 0 Å². The van der Waals surface area contributed by atoms with Crippen molar-refractivity contribution < 1.29 is 19.1 Å². The summed E-state index contributed by atoms with van der Waals surface area (Å²) in [7, 11) is -0.511. The van der Waals surface area contributed by atoms with Crippen LogP contribution in [0.4, 0.5) is 0 Å². The molecular formula is C32H47BN6O5. The second kappa shape index (κ2) is 13.0. The van der Waals surface area contributed by atoms with Crippen molar-refractivity contribution in [1.29, 1.82) is 0 Å². The van der Waals surface area contributed by atoms with E-state index < -0.39 is 18.2 Å². The standard InChI is InChI=1S/C32H47BN6O5/c1-20(2)16-28(33-43-27-18-23-17-26(31(23,3)4)32(27,5)44-33)37-29(40)25(14-9-15-35-30(34)38-39(41)42)36-19-22-12-8-11-21-10-6-7-13-24(21)22/h6-8,10-13,20,23,25-28,36H,9,14-19H2,1-5H3,(H,37,40)(H3,34,35,38)/t23-,25+,26-,27-,28+,32+/m1/s1. The van der Waals surface area contributed by atoms with Crippen molar-refractivity contribution in [2.45, 2.75) is 97.0 Å². The highest BCUT2D eigenvalue weighted by Crippen LogP contribution is 2.65. The first kappa shape index (κ1) is 32.2. The van der Waals surface area contributed by atoms with Crippen LogP contribution in [0.5, 0.6) is 0 Å². The zero-order chi connectivity index (χ0) is 31.6. The summed E-state index contributed by atoms with van der Waals surface area (Å²) in [5, 5.41) is 19.0. The molecule has 0 unspecified atom stereocenters. The Morgan fingerprint density at radius 2 is 1.93 bits per heavy atom. The topological polar surface area (TPSA) is 153 Å². The Bertz CT molecular complexity index is 1380. The lowest BCUT2D eigenvalue weighted by molar-refractivity contribution is -0.525. The Morgan fingerprint density at radius 1 is 1.18 bits per heavy atom. The zero-order valence-electron chi connectivity index (χ0n) is 26.5. The number of amides is 1. The minimum atomic E-state index is -0.746. The van der Waals surface area contributed by atoms with Gasteiger partial charge in [0.2, 0.25) is 5.91 Å². The van der Waals surface area contributed by atoms with E-state index in [-0.39, 0.29) is 41.5 Å². The Labute approximate surface area is 260 Å². The SMILES string of the molecule is CC(C)C[C@H](NC(=O)[C@H](CCCN=C(N)N[N+](=O)[O-])NCc1cccc2ccccc12)B1O[C@@H]2C[C@H]3C[C@H](C3(C)C)[C@]2(C)O1. The van der Waals surface area contributed by atoms with Gasteiger partial charge in [-0.2, -0.15) is 0 Å². The Kier molecular flexibility index (Phi) is 9.53. The van der Waals surface area contributed by atoms with Crippen LogP contribution in [-0.4, -0.2) is 54.3 Å². The molecule has 11 nitrogen and oxygen atoms in total. The van der Waals surface area contributed by atoms with Crippen molar-refractivity contribution in [2.24, 2.45) is 33.9 Å². The van der Waals surface area contributed by atoms with E-state index in [0.29, 0.717) is 37.1 Å². The smallest absolute Gasteiger partial charge is 0.404 e. The molecule has 3 saturated carbocycles. The summed E-state index contributed by atoms with van der Waals surface area (Å²) < 4.78 is 13.4. The molecule has 5 N–H and O–H groups in total. The predicted octanol–water partition coefficient (Wildman–Crippen LogP) is 3.97. The quantitative estimate of drug-likeness (QED) is 0.0668. The summed E-state index contributed by atoms with van der Waals surface area (Å²) in [6, 6.07) is 13.8. The van der Waals surface area contributed by atoms with Crippen LogP contribution in [0.3, 0.4) is 0 Å². The van der Waals surface area contributed by atoms with Gasteiger partial charge < -0.3 is 25.7 Å². The number of aliphatic imine (C=N–C) groups is 1. The molecule has 2 aromatic rings.